The first-order valence-corrected chi connectivity index (χ1v) is 5.69. The van der Waals surface area contributed by atoms with Gasteiger partial charge in [0.15, 0.2) is 0 Å². The van der Waals surface area contributed by atoms with Crippen molar-refractivity contribution in [2.45, 2.75) is 26.8 Å². The van der Waals surface area contributed by atoms with E-state index in [0.717, 1.165) is 17.0 Å². The molecule has 2 aromatic heterocycles. The van der Waals surface area contributed by atoms with E-state index in [2.05, 4.69) is 23.9 Å². The fourth-order valence-corrected chi connectivity index (χ4v) is 1.80. The van der Waals surface area contributed by atoms with Crippen LogP contribution in [0.15, 0.2) is 24.4 Å². The van der Waals surface area contributed by atoms with Crippen LogP contribution in [-0.2, 0) is 0 Å². The van der Waals surface area contributed by atoms with Crippen molar-refractivity contribution >= 4 is 0 Å². The molecule has 0 unspecified atom stereocenters. The summed E-state index contributed by atoms with van der Waals surface area (Å²) in [6.45, 7) is 6.25. The highest BCUT2D eigenvalue weighted by molar-refractivity contribution is 5.59. The third kappa shape index (κ3) is 2.16. The van der Waals surface area contributed by atoms with Gasteiger partial charge in [0, 0.05) is 18.3 Å². The molecule has 0 atom stereocenters. The summed E-state index contributed by atoms with van der Waals surface area (Å²) in [6, 6.07) is 6.18. The second-order valence-electron chi connectivity index (χ2n) is 4.27. The van der Waals surface area contributed by atoms with Gasteiger partial charge in [-0.1, -0.05) is 6.07 Å². The highest BCUT2D eigenvalue weighted by Gasteiger charge is 2.12. The minimum Gasteiger partial charge on any atom is -0.481 e. The van der Waals surface area contributed by atoms with Crippen LogP contribution in [0.2, 0.25) is 0 Å². The summed E-state index contributed by atoms with van der Waals surface area (Å²) < 4.78 is 7.13. The summed E-state index contributed by atoms with van der Waals surface area (Å²) in [5, 5.41) is 4.32. The zero-order valence-electron chi connectivity index (χ0n) is 10.6. The van der Waals surface area contributed by atoms with Crippen LogP contribution in [0.3, 0.4) is 0 Å². The maximum atomic E-state index is 5.17. The van der Waals surface area contributed by atoms with Gasteiger partial charge in [-0.25, -0.2) is 4.98 Å². The summed E-state index contributed by atoms with van der Waals surface area (Å²) in [7, 11) is 1.63. The van der Waals surface area contributed by atoms with Crippen molar-refractivity contribution in [1.29, 1.82) is 0 Å². The first-order chi connectivity index (χ1) is 8.13. The summed E-state index contributed by atoms with van der Waals surface area (Å²) in [6.07, 6.45) is 1.80. The largest absolute Gasteiger partial charge is 0.481 e. The average molecular weight is 231 g/mol. The molecule has 4 nitrogen and oxygen atoms in total. The van der Waals surface area contributed by atoms with E-state index in [1.54, 1.807) is 13.3 Å². The first kappa shape index (κ1) is 11.6. The Morgan fingerprint density at radius 1 is 1.24 bits per heavy atom. The Morgan fingerprint density at radius 2 is 2.00 bits per heavy atom. The third-order valence-electron chi connectivity index (χ3n) is 2.68. The molecule has 0 radical (unpaired) electrons. The van der Waals surface area contributed by atoms with Crippen molar-refractivity contribution < 1.29 is 4.74 Å². The molecule has 2 aromatic rings. The molecule has 0 aliphatic rings. The van der Waals surface area contributed by atoms with E-state index in [1.807, 2.05) is 29.8 Å². The van der Waals surface area contributed by atoms with Gasteiger partial charge in [0.25, 0.3) is 0 Å². The van der Waals surface area contributed by atoms with Gasteiger partial charge in [-0.05, 0) is 32.4 Å². The molecule has 4 heteroatoms. The molecule has 0 fully saturated rings. The fraction of sp³-hybridized carbons (Fsp3) is 0.385. The van der Waals surface area contributed by atoms with Crippen LogP contribution in [0.1, 0.15) is 25.5 Å². The van der Waals surface area contributed by atoms with Crippen molar-refractivity contribution in [3.05, 3.63) is 30.0 Å². The summed E-state index contributed by atoms with van der Waals surface area (Å²) in [5.74, 6) is 0.627. The summed E-state index contributed by atoms with van der Waals surface area (Å²) in [4.78, 5) is 4.49. The molecule has 17 heavy (non-hydrogen) atoms. The van der Waals surface area contributed by atoms with Crippen LogP contribution >= 0.6 is 0 Å². The molecular formula is C13H17N3O. The smallest absolute Gasteiger partial charge is 0.213 e. The van der Waals surface area contributed by atoms with E-state index >= 15 is 0 Å². The molecule has 90 valence electrons. The van der Waals surface area contributed by atoms with Gasteiger partial charge in [0.05, 0.1) is 18.5 Å². The van der Waals surface area contributed by atoms with E-state index in [-0.39, 0.29) is 0 Å². The van der Waals surface area contributed by atoms with E-state index in [9.17, 15) is 0 Å². The highest BCUT2D eigenvalue weighted by Crippen LogP contribution is 2.25. The highest BCUT2D eigenvalue weighted by atomic mass is 16.5. The zero-order valence-corrected chi connectivity index (χ0v) is 10.6. The minimum absolute atomic E-state index is 0.312. The van der Waals surface area contributed by atoms with Gasteiger partial charge in [-0.3, -0.25) is 4.68 Å². The molecule has 2 heterocycles. The van der Waals surface area contributed by atoms with Gasteiger partial charge in [0.1, 0.15) is 0 Å². The van der Waals surface area contributed by atoms with Crippen molar-refractivity contribution in [1.82, 2.24) is 14.8 Å². The number of aromatic nitrogens is 3. The second-order valence-corrected chi connectivity index (χ2v) is 4.27. The lowest BCUT2D eigenvalue weighted by Gasteiger charge is -2.12. The number of aryl methyl sites for hydroxylation is 1. The Morgan fingerprint density at radius 3 is 2.65 bits per heavy atom. The van der Waals surface area contributed by atoms with Gasteiger partial charge >= 0.3 is 0 Å². The molecule has 0 N–H and O–H groups in total. The number of hydrogen-bond donors (Lipinski definition) is 0. The topological polar surface area (TPSA) is 39.9 Å². The SMILES string of the molecule is COc1ccc(C)c(-c2ccnn2C(C)C)n1. The summed E-state index contributed by atoms with van der Waals surface area (Å²) in [5.41, 5.74) is 3.07. The lowest BCUT2D eigenvalue weighted by Crippen LogP contribution is -2.06. The van der Waals surface area contributed by atoms with E-state index in [4.69, 9.17) is 4.74 Å². The van der Waals surface area contributed by atoms with Crippen molar-refractivity contribution in [2.75, 3.05) is 7.11 Å². The number of hydrogen-bond acceptors (Lipinski definition) is 3. The molecule has 0 aliphatic carbocycles. The molecule has 0 aromatic carbocycles. The molecule has 0 saturated heterocycles. The number of ether oxygens (including phenoxy) is 1. The average Bonchev–Trinajstić information content (AvgIpc) is 2.78. The Balaban J connectivity index is 2.55. The molecule has 0 saturated carbocycles. The predicted octanol–water partition coefficient (Wildman–Crippen LogP) is 2.84. The molecule has 2 rings (SSSR count). The Labute approximate surface area is 101 Å². The third-order valence-corrected chi connectivity index (χ3v) is 2.68. The fourth-order valence-electron chi connectivity index (χ4n) is 1.80. The molecule has 0 amide bonds. The van der Waals surface area contributed by atoms with Gasteiger partial charge in [-0.15, -0.1) is 0 Å². The van der Waals surface area contributed by atoms with Gasteiger partial charge < -0.3 is 4.74 Å². The lowest BCUT2D eigenvalue weighted by atomic mass is 10.1. The predicted molar refractivity (Wildman–Crippen MR) is 67.1 cm³/mol. The number of nitrogens with zero attached hydrogens (tertiary/aromatic N) is 3. The normalized spacial score (nSPS) is 10.9. The monoisotopic (exact) mass is 231 g/mol. The zero-order chi connectivity index (χ0) is 12.4. The molecular weight excluding hydrogens is 214 g/mol. The van der Waals surface area contributed by atoms with Crippen LogP contribution < -0.4 is 4.74 Å². The van der Waals surface area contributed by atoms with Crippen molar-refractivity contribution in [2.24, 2.45) is 0 Å². The standard InChI is InChI=1S/C13H17N3O/c1-9(2)16-11(7-8-14-16)13-10(3)5-6-12(15-13)17-4/h5-9H,1-4H3. The lowest BCUT2D eigenvalue weighted by molar-refractivity contribution is 0.398. The van der Waals surface area contributed by atoms with Crippen molar-refractivity contribution in [3.63, 3.8) is 0 Å². The van der Waals surface area contributed by atoms with Crippen LogP contribution in [0.4, 0.5) is 0 Å². The van der Waals surface area contributed by atoms with Crippen molar-refractivity contribution in [3.8, 4) is 17.3 Å². The summed E-state index contributed by atoms with van der Waals surface area (Å²) >= 11 is 0. The number of methoxy groups -OCH3 is 1. The molecule has 0 aliphatic heterocycles. The Kier molecular flexibility index (Phi) is 3.13. The number of pyridine rings is 1. The van der Waals surface area contributed by atoms with E-state index < -0.39 is 0 Å². The Bertz CT molecular complexity index is 517. The van der Waals surface area contributed by atoms with Crippen LogP contribution in [-0.4, -0.2) is 21.9 Å². The first-order valence-electron chi connectivity index (χ1n) is 5.69. The minimum atomic E-state index is 0.312. The van der Waals surface area contributed by atoms with E-state index in [0.29, 0.717) is 11.9 Å². The van der Waals surface area contributed by atoms with E-state index in [1.165, 1.54) is 0 Å². The van der Waals surface area contributed by atoms with Crippen LogP contribution in [0, 0.1) is 6.92 Å². The second kappa shape index (κ2) is 4.57. The van der Waals surface area contributed by atoms with Gasteiger partial charge in [0.2, 0.25) is 5.88 Å². The number of rotatable bonds is 3. The molecule has 0 bridgehead atoms. The molecule has 0 spiro atoms. The van der Waals surface area contributed by atoms with Crippen LogP contribution in [0.25, 0.3) is 11.4 Å². The van der Waals surface area contributed by atoms with Crippen LogP contribution in [0.5, 0.6) is 5.88 Å². The maximum Gasteiger partial charge on any atom is 0.213 e. The maximum absolute atomic E-state index is 5.17. The quantitative estimate of drug-likeness (QED) is 0.815. The van der Waals surface area contributed by atoms with Gasteiger partial charge in [-0.2, -0.15) is 5.10 Å². The Hall–Kier alpha value is -1.84.